The minimum atomic E-state index is -0.539. The third kappa shape index (κ3) is 5.25. The van der Waals surface area contributed by atoms with Crippen molar-refractivity contribution < 1.29 is 14.3 Å². The molecule has 0 aliphatic carbocycles. The number of piperazine rings is 1. The van der Waals surface area contributed by atoms with Gasteiger partial charge in [-0.15, -0.1) is 0 Å². The van der Waals surface area contributed by atoms with E-state index in [0.29, 0.717) is 17.2 Å². The van der Waals surface area contributed by atoms with Crippen LogP contribution in [0.5, 0.6) is 5.75 Å². The first-order valence-electron chi connectivity index (χ1n) is 7.98. The second kappa shape index (κ2) is 7.97. The number of primary amides is 1. The molecule has 1 saturated heterocycles. The summed E-state index contributed by atoms with van der Waals surface area (Å²) >= 11 is 0. The van der Waals surface area contributed by atoms with Gasteiger partial charge in [-0.2, -0.15) is 0 Å². The van der Waals surface area contributed by atoms with Crippen LogP contribution >= 0.6 is 0 Å². The van der Waals surface area contributed by atoms with Crippen molar-refractivity contribution in [3.05, 3.63) is 29.8 Å². The molecule has 1 heterocycles. The summed E-state index contributed by atoms with van der Waals surface area (Å²) in [6, 6.07) is 6.88. The Morgan fingerprint density at radius 3 is 2.52 bits per heavy atom. The van der Waals surface area contributed by atoms with Crippen LogP contribution < -0.4 is 10.5 Å². The summed E-state index contributed by atoms with van der Waals surface area (Å²) < 4.78 is 5.25. The highest BCUT2D eigenvalue weighted by Gasteiger charge is 2.22. The maximum absolute atomic E-state index is 12.6. The average Bonchev–Trinajstić information content (AvgIpc) is 2.53. The van der Waals surface area contributed by atoms with Crippen LogP contribution in [-0.4, -0.2) is 60.9 Å². The maximum Gasteiger partial charge on any atom is 0.255 e. The Kier molecular flexibility index (Phi) is 5.98. The van der Waals surface area contributed by atoms with E-state index in [0.717, 1.165) is 32.7 Å². The van der Waals surface area contributed by atoms with E-state index >= 15 is 0 Å². The molecule has 2 rings (SSSR count). The van der Waals surface area contributed by atoms with Gasteiger partial charge in [0.15, 0.2) is 6.61 Å². The van der Waals surface area contributed by atoms with Crippen molar-refractivity contribution >= 4 is 11.8 Å². The Morgan fingerprint density at radius 2 is 1.91 bits per heavy atom. The Bertz CT molecular complexity index is 552. The number of nitrogens with zero attached hydrogens (tertiary/aromatic N) is 2. The largest absolute Gasteiger partial charge is 0.484 e. The number of nitrogens with two attached hydrogens (primary N) is 1. The first-order chi connectivity index (χ1) is 11.0. The van der Waals surface area contributed by atoms with Gasteiger partial charge >= 0.3 is 0 Å². The standard InChI is InChI=1S/C17H25N3O3/c1-13(2)11-19-6-8-20(9-7-19)17(22)14-4-3-5-15(10-14)23-12-16(18)21/h3-5,10,13H,6-9,11-12H2,1-2H3,(H2,18,21). The normalized spacial score (nSPS) is 15.7. The molecule has 0 bridgehead atoms. The molecule has 23 heavy (non-hydrogen) atoms. The van der Waals surface area contributed by atoms with Gasteiger partial charge in [-0.1, -0.05) is 19.9 Å². The van der Waals surface area contributed by atoms with Crippen molar-refractivity contribution in [1.82, 2.24) is 9.80 Å². The molecule has 0 saturated carbocycles. The van der Waals surface area contributed by atoms with E-state index < -0.39 is 5.91 Å². The zero-order valence-electron chi connectivity index (χ0n) is 13.8. The lowest BCUT2D eigenvalue weighted by Crippen LogP contribution is -2.49. The predicted octanol–water partition coefficient (Wildman–Crippen LogP) is 0.965. The van der Waals surface area contributed by atoms with Crippen molar-refractivity contribution in [2.24, 2.45) is 11.7 Å². The van der Waals surface area contributed by atoms with E-state index in [1.165, 1.54) is 0 Å². The summed E-state index contributed by atoms with van der Waals surface area (Å²) in [6.45, 7) is 8.56. The topological polar surface area (TPSA) is 75.9 Å². The first kappa shape index (κ1) is 17.3. The monoisotopic (exact) mass is 319 g/mol. The molecular weight excluding hydrogens is 294 g/mol. The van der Waals surface area contributed by atoms with Crippen molar-refractivity contribution in [3.63, 3.8) is 0 Å². The molecular formula is C17H25N3O3. The van der Waals surface area contributed by atoms with Crippen molar-refractivity contribution in [1.29, 1.82) is 0 Å². The van der Waals surface area contributed by atoms with Crippen LogP contribution in [0, 0.1) is 5.92 Å². The Labute approximate surface area is 137 Å². The molecule has 1 aromatic carbocycles. The lowest BCUT2D eigenvalue weighted by atomic mass is 10.1. The van der Waals surface area contributed by atoms with Crippen LogP contribution in [0.4, 0.5) is 0 Å². The van der Waals surface area contributed by atoms with Gasteiger partial charge in [-0.25, -0.2) is 0 Å². The summed E-state index contributed by atoms with van der Waals surface area (Å²) in [5, 5.41) is 0. The molecule has 0 radical (unpaired) electrons. The zero-order chi connectivity index (χ0) is 16.8. The minimum Gasteiger partial charge on any atom is -0.484 e. The number of amides is 2. The second-order valence-corrected chi connectivity index (χ2v) is 6.27. The fourth-order valence-electron chi connectivity index (χ4n) is 2.71. The Morgan fingerprint density at radius 1 is 1.22 bits per heavy atom. The van der Waals surface area contributed by atoms with Gasteiger partial charge in [-0.05, 0) is 24.1 Å². The number of carbonyl (C=O) groups excluding carboxylic acids is 2. The number of rotatable bonds is 6. The van der Waals surface area contributed by atoms with Gasteiger partial charge in [0.1, 0.15) is 5.75 Å². The number of ether oxygens (including phenoxy) is 1. The summed E-state index contributed by atoms with van der Waals surface area (Å²) in [4.78, 5) is 27.6. The summed E-state index contributed by atoms with van der Waals surface area (Å²) in [5.74, 6) is 0.575. The molecule has 6 nitrogen and oxygen atoms in total. The molecule has 0 atom stereocenters. The molecule has 1 aliphatic rings. The zero-order valence-corrected chi connectivity index (χ0v) is 13.8. The third-order valence-electron chi connectivity index (χ3n) is 3.74. The Hall–Kier alpha value is -2.08. The van der Waals surface area contributed by atoms with Crippen LogP contribution in [0.25, 0.3) is 0 Å². The molecule has 1 fully saturated rings. The molecule has 126 valence electrons. The van der Waals surface area contributed by atoms with Gasteiger partial charge in [0.05, 0.1) is 0 Å². The molecule has 1 aliphatic heterocycles. The molecule has 6 heteroatoms. The SMILES string of the molecule is CC(C)CN1CCN(C(=O)c2cccc(OCC(N)=O)c2)CC1. The lowest BCUT2D eigenvalue weighted by molar-refractivity contribution is -0.119. The summed E-state index contributed by atoms with van der Waals surface area (Å²) in [5.41, 5.74) is 5.63. The number of hydrogen-bond donors (Lipinski definition) is 1. The molecule has 0 unspecified atom stereocenters. The van der Waals surface area contributed by atoms with Crippen molar-refractivity contribution in [3.8, 4) is 5.75 Å². The van der Waals surface area contributed by atoms with Gasteiger partial charge in [0, 0.05) is 38.3 Å². The second-order valence-electron chi connectivity index (χ2n) is 6.27. The van der Waals surface area contributed by atoms with Crippen LogP contribution in [-0.2, 0) is 4.79 Å². The van der Waals surface area contributed by atoms with Crippen LogP contribution in [0.1, 0.15) is 24.2 Å². The predicted molar refractivity (Wildman–Crippen MR) is 88.3 cm³/mol. The highest BCUT2D eigenvalue weighted by atomic mass is 16.5. The Balaban J connectivity index is 1.93. The third-order valence-corrected chi connectivity index (χ3v) is 3.74. The van der Waals surface area contributed by atoms with Crippen LogP contribution in [0.2, 0.25) is 0 Å². The van der Waals surface area contributed by atoms with E-state index in [9.17, 15) is 9.59 Å². The molecule has 0 aromatic heterocycles. The van der Waals surface area contributed by atoms with Crippen molar-refractivity contribution in [2.75, 3.05) is 39.3 Å². The highest BCUT2D eigenvalue weighted by molar-refractivity contribution is 5.94. The van der Waals surface area contributed by atoms with Crippen LogP contribution in [0.15, 0.2) is 24.3 Å². The highest BCUT2D eigenvalue weighted by Crippen LogP contribution is 2.16. The molecule has 2 amide bonds. The van der Waals surface area contributed by atoms with Gasteiger partial charge < -0.3 is 15.4 Å². The average molecular weight is 319 g/mol. The lowest BCUT2D eigenvalue weighted by Gasteiger charge is -2.35. The fraction of sp³-hybridized carbons (Fsp3) is 0.529. The van der Waals surface area contributed by atoms with E-state index in [2.05, 4.69) is 18.7 Å². The summed E-state index contributed by atoms with van der Waals surface area (Å²) in [6.07, 6.45) is 0. The van der Waals surface area contributed by atoms with E-state index in [1.54, 1.807) is 24.3 Å². The van der Waals surface area contributed by atoms with Crippen molar-refractivity contribution in [2.45, 2.75) is 13.8 Å². The number of hydrogen-bond acceptors (Lipinski definition) is 4. The van der Waals surface area contributed by atoms with Gasteiger partial charge in [-0.3, -0.25) is 14.5 Å². The first-order valence-corrected chi connectivity index (χ1v) is 7.98. The van der Waals surface area contributed by atoms with Gasteiger partial charge in [0.2, 0.25) is 0 Å². The summed E-state index contributed by atoms with van der Waals surface area (Å²) in [7, 11) is 0. The van der Waals surface area contributed by atoms with Crippen LogP contribution in [0.3, 0.4) is 0 Å². The fourth-order valence-corrected chi connectivity index (χ4v) is 2.71. The van der Waals surface area contributed by atoms with E-state index in [-0.39, 0.29) is 12.5 Å². The number of carbonyl (C=O) groups is 2. The molecule has 1 aromatic rings. The smallest absolute Gasteiger partial charge is 0.255 e. The maximum atomic E-state index is 12.6. The molecule has 0 spiro atoms. The quantitative estimate of drug-likeness (QED) is 0.847. The molecule has 2 N–H and O–H groups in total. The van der Waals surface area contributed by atoms with E-state index in [4.69, 9.17) is 10.5 Å². The number of benzene rings is 1. The van der Waals surface area contributed by atoms with Gasteiger partial charge in [0.25, 0.3) is 11.8 Å². The van der Waals surface area contributed by atoms with E-state index in [1.807, 2.05) is 4.90 Å². The minimum absolute atomic E-state index is 0.00118.